The lowest BCUT2D eigenvalue weighted by Crippen LogP contribution is -2.14. The highest BCUT2D eigenvalue weighted by atomic mass is 35.5. The molecule has 0 atom stereocenters. The number of fused-ring (bicyclic) bond motifs is 1. The molecule has 1 amide bonds. The number of carbonyl (C=O) groups excluding carboxylic acids is 1. The predicted molar refractivity (Wildman–Crippen MR) is 103 cm³/mol. The summed E-state index contributed by atoms with van der Waals surface area (Å²) in [6.07, 6.45) is 3.23. The molecule has 0 saturated heterocycles. The molecule has 2 aromatic heterocycles. The van der Waals surface area contributed by atoms with E-state index in [1.165, 1.54) is 0 Å². The maximum atomic E-state index is 12.5. The second kappa shape index (κ2) is 6.78. The van der Waals surface area contributed by atoms with Gasteiger partial charge in [0.25, 0.3) is 5.91 Å². The molecule has 4 rings (SSSR count). The number of amides is 1. The third kappa shape index (κ3) is 3.03. The SMILES string of the molecule is O=C(Nc1ccc(Cl)cc1)c1ncc2c(cnn2-c2ccccc2)c1Cl. The van der Waals surface area contributed by atoms with E-state index in [4.69, 9.17) is 23.2 Å². The van der Waals surface area contributed by atoms with E-state index < -0.39 is 5.91 Å². The molecule has 5 nitrogen and oxygen atoms in total. The maximum absolute atomic E-state index is 12.5. The molecule has 2 aromatic carbocycles. The van der Waals surface area contributed by atoms with E-state index in [2.05, 4.69) is 15.4 Å². The molecule has 26 heavy (non-hydrogen) atoms. The molecule has 0 fully saturated rings. The van der Waals surface area contributed by atoms with Gasteiger partial charge in [0.1, 0.15) is 5.69 Å². The van der Waals surface area contributed by atoms with Crippen LogP contribution in [0.25, 0.3) is 16.6 Å². The Hall–Kier alpha value is -2.89. The number of nitrogens with zero attached hydrogens (tertiary/aromatic N) is 3. The third-order valence-electron chi connectivity index (χ3n) is 3.88. The normalized spacial score (nSPS) is 10.8. The van der Waals surface area contributed by atoms with E-state index in [0.29, 0.717) is 16.1 Å². The van der Waals surface area contributed by atoms with Crippen LogP contribution in [0, 0.1) is 0 Å². The summed E-state index contributed by atoms with van der Waals surface area (Å²) in [4.78, 5) is 16.8. The lowest BCUT2D eigenvalue weighted by Gasteiger charge is -2.08. The zero-order valence-corrected chi connectivity index (χ0v) is 14.9. The Bertz CT molecular complexity index is 1090. The van der Waals surface area contributed by atoms with Crippen molar-refractivity contribution < 1.29 is 4.79 Å². The van der Waals surface area contributed by atoms with E-state index in [1.54, 1.807) is 41.3 Å². The van der Waals surface area contributed by atoms with Gasteiger partial charge in [0.15, 0.2) is 0 Å². The molecule has 0 spiro atoms. The Morgan fingerprint density at radius 2 is 1.69 bits per heavy atom. The minimum absolute atomic E-state index is 0.140. The zero-order chi connectivity index (χ0) is 18.1. The van der Waals surface area contributed by atoms with Gasteiger partial charge in [-0.05, 0) is 36.4 Å². The summed E-state index contributed by atoms with van der Waals surface area (Å²) in [6.45, 7) is 0. The second-order valence-electron chi connectivity index (χ2n) is 5.57. The fourth-order valence-corrected chi connectivity index (χ4v) is 3.02. The number of anilines is 1. The molecule has 1 N–H and O–H groups in total. The van der Waals surface area contributed by atoms with Crippen LogP contribution in [-0.2, 0) is 0 Å². The van der Waals surface area contributed by atoms with Crippen molar-refractivity contribution in [3.8, 4) is 5.69 Å². The number of nitrogens with one attached hydrogen (secondary N) is 1. The molecule has 128 valence electrons. The Labute approximate surface area is 159 Å². The fraction of sp³-hybridized carbons (Fsp3) is 0. The van der Waals surface area contributed by atoms with Crippen molar-refractivity contribution in [3.05, 3.63) is 82.7 Å². The Morgan fingerprint density at radius 3 is 2.42 bits per heavy atom. The topological polar surface area (TPSA) is 59.8 Å². The molecule has 0 aliphatic carbocycles. The highest BCUT2D eigenvalue weighted by Crippen LogP contribution is 2.27. The van der Waals surface area contributed by atoms with Crippen molar-refractivity contribution in [1.29, 1.82) is 0 Å². The molecule has 0 aliphatic rings. The number of hydrogen-bond donors (Lipinski definition) is 1. The van der Waals surface area contributed by atoms with E-state index in [9.17, 15) is 4.79 Å². The minimum Gasteiger partial charge on any atom is -0.321 e. The first-order valence-electron chi connectivity index (χ1n) is 7.78. The van der Waals surface area contributed by atoms with Crippen molar-refractivity contribution in [2.24, 2.45) is 0 Å². The first-order valence-corrected chi connectivity index (χ1v) is 8.53. The average molecular weight is 383 g/mol. The van der Waals surface area contributed by atoms with Gasteiger partial charge in [-0.3, -0.25) is 4.79 Å². The number of para-hydroxylation sites is 1. The van der Waals surface area contributed by atoms with Crippen molar-refractivity contribution in [2.45, 2.75) is 0 Å². The largest absolute Gasteiger partial charge is 0.321 e. The minimum atomic E-state index is -0.397. The molecule has 0 aliphatic heterocycles. The number of aromatic nitrogens is 3. The van der Waals surface area contributed by atoms with Crippen LogP contribution in [0.4, 0.5) is 5.69 Å². The Kier molecular flexibility index (Phi) is 4.32. The molecule has 0 bridgehead atoms. The summed E-state index contributed by atoms with van der Waals surface area (Å²) >= 11 is 12.3. The number of halogens is 2. The maximum Gasteiger partial charge on any atom is 0.275 e. The highest BCUT2D eigenvalue weighted by molar-refractivity contribution is 6.38. The third-order valence-corrected chi connectivity index (χ3v) is 4.52. The zero-order valence-electron chi connectivity index (χ0n) is 13.4. The standard InChI is InChI=1S/C19H12Cl2N4O/c20-12-6-8-13(9-7-12)24-19(26)18-17(21)15-10-23-25(16(15)11-22-18)14-4-2-1-3-5-14/h1-11H,(H,24,26). The van der Waals surface area contributed by atoms with E-state index in [0.717, 1.165) is 11.2 Å². The highest BCUT2D eigenvalue weighted by Gasteiger charge is 2.18. The van der Waals surface area contributed by atoms with Gasteiger partial charge < -0.3 is 5.32 Å². The number of hydrogen-bond acceptors (Lipinski definition) is 3. The van der Waals surface area contributed by atoms with Crippen LogP contribution in [0.15, 0.2) is 67.0 Å². The fourth-order valence-electron chi connectivity index (χ4n) is 2.62. The van der Waals surface area contributed by atoms with Crippen LogP contribution in [0.1, 0.15) is 10.5 Å². The summed E-state index contributed by atoms with van der Waals surface area (Å²) in [5, 5.41) is 8.64. The van der Waals surface area contributed by atoms with E-state index in [-0.39, 0.29) is 10.7 Å². The van der Waals surface area contributed by atoms with Gasteiger partial charge in [0, 0.05) is 16.1 Å². The van der Waals surface area contributed by atoms with Crippen molar-refractivity contribution >= 4 is 45.7 Å². The summed E-state index contributed by atoms with van der Waals surface area (Å²) < 4.78 is 1.73. The van der Waals surface area contributed by atoms with E-state index >= 15 is 0 Å². The van der Waals surface area contributed by atoms with Crippen LogP contribution in [0.2, 0.25) is 10.0 Å². The monoisotopic (exact) mass is 382 g/mol. The summed E-state index contributed by atoms with van der Waals surface area (Å²) in [5.41, 5.74) is 2.36. The first kappa shape index (κ1) is 16.6. The molecule has 4 aromatic rings. The molecular formula is C19H12Cl2N4O. The molecule has 0 radical (unpaired) electrons. The Morgan fingerprint density at radius 1 is 0.962 bits per heavy atom. The van der Waals surface area contributed by atoms with Crippen LogP contribution < -0.4 is 5.32 Å². The van der Waals surface area contributed by atoms with Gasteiger partial charge in [-0.15, -0.1) is 0 Å². The number of carbonyl (C=O) groups is 1. The van der Waals surface area contributed by atoms with Crippen LogP contribution >= 0.6 is 23.2 Å². The predicted octanol–water partition coefficient (Wildman–Crippen LogP) is 4.98. The van der Waals surface area contributed by atoms with Crippen molar-refractivity contribution in [1.82, 2.24) is 14.8 Å². The smallest absolute Gasteiger partial charge is 0.275 e. The molecule has 2 heterocycles. The first-order chi connectivity index (χ1) is 12.6. The molecule has 0 saturated carbocycles. The van der Waals surface area contributed by atoms with Crippen LogP contribution in [-0.4, -0.2) is 20.7 Å². The van der Waals surface area contributed by atoms with Crippen LogP contribution in [0.3, 0.4) is 0 Å². The van der Waals surface area contributed by atoms with E-state index in [1.807, 2.05) is 30.3 Å². The number of pyridine rings is 1. The summed E-state index contributed by atoms with van der Waals surface area (Å²) in [7, 11) is 0. The van der Waals surface area contributed by atoms with Gasteiger partial charge in [0.05, 0.1) is 28.6 Å². The lowest BCUT2D eigenvalue weighted by atomic mass is 10.2. The van der Waals surface area contributed by atoms with Crippen molar-refractivity contribution in [3.63, 3.8) is 0 Å². The molecule has 0 unspecified atom stereocenters. The van der Waals surface area contributed by atoms with Gasteiger partial charge in [-0.2, -0.15) is 5.10 Å². The van der Waals surface area contributed by atoms with Gasteiger partial charge in [-0.1, -0.05) is 41.4 Å². The Balaban J connectivity index is 1.70. The second-order valence-corrected chi connectivity index (χ2v) is 6.39. The quantitative estimate of drug-likeness (QED) is 0.543. The van der Waals surface area contributed by atoms with Gasteiger partial charge >= 0.3 is 0 Å². The van der Waals surface area contributed by atoms with Crippen LogP contribution in [0.5, 0.6) is 0 Å². The van der Waals surface area contributed by atoms with Gasteiger partial charge in [-0.25, -0.2) is 9.67 Å². The summed E-state index contributed by atoms with van der Waals surface area (Å²) in [6, 6.07) is 16.4. The molecular weight excluding hydrogens is 371 g/mol. The van der Waals surface area contributed by atoms with Crippen molar-refractivity contribution in [2.75, 3.05) is 5.32 Å². The number of benzene rings is 2. The van der Waals surface area contributed by atoms with Gasteiger partial charge in [0.2, 0.25) is 0 Å². The molecule has 7 heteroatoms. The average Bonchev–Trinajstić information content (AvgIpc) is 3.09. The summed E-state index contributed by atoms with van der Waals surface area (Å²) in [5.74, 6) is -0.397. The number of rotatable bonds is 3. The lowest BCUT2D eigenvalue weighted by molar-refractivity contribution is 0.102.